The number of halogens is 2. The summed E-state index contributed by atoms with van der Waals surface area (Å²) < 4.78 is 31.7. The zero-order valence-corrected chi connectivity index (χ0v) is 13.9. The number of nitrogens with two attached hydrogens (primary N) is 1. The maximum Gasteiger partial charge on any atom is 0.407 e. The molecule has 2 aromatic carbocycles. The van der Waals surface area contributed by atoms with Crippen LogP contribution in [-0.4, -0.2) is 29.0 Å². The number of amides is 1. The van der Waals surface area contributed by atoms with Gasteiger partial charge in [-0.05, 0) is 18.1 Å². The lowest BCUT2D eigenvalue weighted by Crippen LogP contribution is -2.30. The van der Waals surface area contributed by atoms with Crippen LogP contribution >= 0.6 is 0 Å². The van der Waals surface area contributed by atoms with Gasteiger partial charge in [-0.2, -0.15) is 0 Å². The molecule has 0 heterocycles. The molecule has 0 aliphatic heterocycles. The number of carbonyl (C=O) groups is 1. The number of alkyl carbamates (subject to hydrolysis) is 1. The summed E-state index contributed by atoms with van der Waals surface area (Å²) in [6, 6.07) is 10.5. The Bertz CT molecular complexity index is 743. The molecule has 2 aromatic rings. The van der Waals surface area contributed by atoms with E-state index >= 15 is 0 Å². The Morgan fingerprint density at radius 2 is 1.88 bits per heavy atom. The van der Waals surface area contributed by atoms with Gasteiger partial charge < -0.3 is 26.0 Å². The first-order valence-electron chi connectivity index (χ1n) is 7.93. The Labute approximate surface area is 149 Å². The molecule has 0 saturated carbocycles. The van der Waals surface area contributed by atoms with Gasteiger partial charge in [0.2, 0.25) is 0 Å². The van der Waals surface area contributed by atoms with Gasteiger partial charge in [-0.15, -0.1) is 0 Å². The highest BCUT2D eigenvalue weighted by atomic mass is 19.1. The van der Waals surface area contributed by atoms with Gasteiger partial charge in [-0.25, -0.2) is 13.6 Å². The summed E-state index contributed by atoms with van der Waals surface area (Å²) in [4.78, 5) is 11.6. The lowest BCUT2D eigenvalue weighted by molar-refractivity contribution is 0.0138. The van der Waals surface area contributed by atoms with Crippen LogP contribution in [0.3, 0.4) is 0 Å². The van der Waals surface area contributed by atoms with Crippen molar-refractivity contribution in [3.63, 3.8) is 0 Å². The third kappa shape index (κ3) is 5.40. The molecule has 140 valence electrons. The minimum absolute atomic E-state index is 0.0104. The van der Waals surface area contributed by atoms with Crippen LogP contribution < -0.4 is 11.1 Å². The number of anilines is 1. The van der Waals surface area contributed by atoms with Crippen molar-refractivity contribution in [2.75, 3.05) is 12.3 Å². The first-order valence-corrected chi connectivity index (χ1v) is 7.93. The third-order valence-corrected chi connectivity index (χ3v) is 3.73. The van der Waals surface area contributed by atoms with E-state index in [-0.39, 0.29) is 25.1 Å². The highest BCUT2D eigenvalue weighted by Crippen LogP contribution is 2.27. The number of carbonyl (C=O) groups excluding carboxylic acids is 1. The van der Waals surface area contributed by atoms with Gasteiger partial charge in [0, 0.05) is 18.2 Å². The smallest absolute Gasteiger partial charge is 0.407 e. The van der Waals surface area contributed by atoms with Crippen LogP contribution in [0, 0.1) is 11.6 Å². The van der Waals surface area contributed by atoms with Gasteiger partial charge in [0.1, 0.15) is 24.3 Å². The van der Waals surface area contributed by atoms with E-state index < -0.39 is 35.6 Å². The van der Waals surface area contributed by atoms with Crippen molar-refractivity contribution in [3.8, 4) is 0 Å². The zero-order chi connectivity index (χ0) is 19.1. The van der Waals surface area contributed by atoms with Crippen molar-refractivity contribution >= 4 is 11.8 Å². The molecular weight excluding hydrogens is 346 g/mol. The Kier molecular flexibility index (Phi) is 6.88. The fourth-order valence-corrected chi connectivity index (χ4v) is 2.31. The predicted octanol–water partition coefficient (Wildman–Crippen LogP) is 2.26. The van der Waals surface area contributed by atoms with Crippen LogP contribution in [0.4, 0.5) is 19.3 Å². The summed E-state index contributed by atoms with van der Waals surface area (Å²) in [6.45, 7) is 0.0838. The van der Waals surface area contributed by atoms with Crippen molar-refractivity contribution in [2.24, 2.45) is 0 Å². The van der Waals surface area contributed by atoms with E-state index in [2.05, 4.69) is 5.32 Å². The summed E-state index contributed by atoms with van der Waals surface area (Å²) in [7, 11) is 0. The van der Waals surface area contributed by atoms with E-state index in [1.54, 1.807) is 12.1 Å². The third-order valence-electron chi connectivity index (χ3n) is 3.73. The highest BCUT2D eigenvalue weighted by molar-refractivity contribution is 5.67. The van der Waals surface area contributed by atoms with Gasteiger partial charge in [0.25, 0.3) is 0 Å². The molecule has 0 aliphatic rings. The van der Waals surface area contributed by atoms with Crippen LogP contribution in [0.1, 0.15) is 23.7 Å². The Hall–Kier alpha value is -2.71. The number of hydrogen-bond acceptors (Lipinski definition) is 5. The van der Waals surface area contributed by atoms with Crippen molar-refractivity contribution < 1.29 is 28.5 Å². The second-order valence-electron chi connectivity index (χ2n) is 5.68. The van der Waals surface area contributed by atoms with Gasteiger partial charge in [-0.3, -0.25) is 0 Å². The maximum atomic E-state index is 13.4. The second kappa shape index (κ2) is 9.12. The summed E-state index contributed by atoms with van der Waals surface area (Å²) in [5.74, 6) is -1.94. The molecule has 0 spiro atoms. The van der Waals surface area contributed by atoms with Crippen LogP contribution in [0.25, 0.3) is 0 Å². The molecule has 0 aliphatic carbocycles. The summed E-state index contributed by atoms with van der Waals surface area (Å²) in [5, 5.41) is 22.4. The Morgan fingerprint density at radius 1 is 1.19 bits per heavy atom. The van der Waals surface area contributed by atoms with Crippen LogP contribution in [0.15, 0.2) is 42.5 Å². The van der Waals surface area contributed by atoms with E-state index in [1.165, 1.54) is 0 Å². The van der Waals surface area contributed by atoms with Crippen molar-refractivity contribution in [1.29, 1.82) is 0 Å². The lowest BCUT2D eigenvalue weighted by atomic mass is 10.00. The first-order chi connectivity index (χ1) is 12.4. The normalized spacial score (nSPS) is 13.1. The number of hydrogen-bond donors (Lipinski definition) is 4. The van der Waals surface area contributed by atoms with E-state index in [9.17, 15) is 23.8 Å². The average molecular weight is 366 g/mol. The number of nitrogen functional groups attached to an aromatic ring is 1. The molecular formula is C18H20F2N2O4. The monoisotopic (exact) mass is 366 g/mol. The molecule has 0 radical (unpaired) electrons. The number of aliphatic hydroxyl groups excluding tert-OH is 2. The standard InChI is InChI=1S/C18H20F2N2O4/c19-12-8-13(16(21)14(20)9-12)17(24)15(23)6-7-22-18(25)26-10-11-4-2-1-3-5-11/h1-5,8-9,15,17,23-24H,6-7,10,21H2,(H,22,25). The molecule has 0 fully saturated rings. The van der Waals surface area contributed by atoms with E-state index in [0.717, 1.165) is 11.6 Å². The maximum absolute atomic E-state index is 13.4. The fourth-order valence-electron chi connectivity index (χ4n) is 2.31. The molecule has 0 bridgehead atoms. The average Bonchev–Trinajstić information content (AvgIpc) is 2.63. The largest absolute Gasteiger partial charge is 0.445 e. The molecule has 2 atom stereocenters. The minimum Gasteiger partial charge on any atom is -0.445 e. The van der Waals surface area contributed by atoms with Crippen LogP contribution in [-0.2, 0) is 11.3 Å². The topological polar surface area (TPSA) is 105 Å². The zero-order valence-electron chi connectivity index (χ0n) is 13.9. The second-order valence-corrected chi connectivity index (χ2v) is 5.68. The van der Waals surface area contributed by atoms with Gasteiger partial charge >= 0.3 is 6.09 Å². The molecule has 0 saturated heterocycles. The fraction of sp³-hybridized carbons (Fsp3) is 0.278. The molecule has 2 unspecified atom stereocenters. The predicted molar refractivity (Wildman–Crippen MR) is 91.0 cm³/mol. The van der Waals surface area contributed by atoms with E-state index in [0.29, 0.717) is 6.07 Å². The minimum atomic E-state index is -1.60. The molecule has 5 N–H and O–H groups in total. The number of aliphatic hydroxyl groups is 2. The van der Waals surface area contributed by atoms with Crippen molar-refractivity contribution in [2.45, 2.75) is 25.2 Å². The first kappa shape index (κ1) is 19.6. The molecule has 26 heavy (non-hydrogen) atoms. The molecule has 2 rings (SSSR count). The number of rotatable bonds is 7. The van der Waals surface area contributed by atoms with Crippen molar-refractivity contribution in [3.05, 3.63) is 65.2 Å². The van der Waals surface area contributed by atoms with E-state index in [1.807, 2.05) is 18.2 Å². The summed E-state index contributed by atoms with van der Waals surface area (Å²) in [6.07, 6.45) is -3.73. The molecule has 0 aromatic heterocycles. The number of nitrogens with one attached hydrogen (secondary N) is 1. The van der Waals surface area contributed by atoms with Crippen LogP contribution in [0.5, 0.6) is 0 Å². The highest BCUT2D eigenvalue weighted by Gasteiger charge is 2.23. The molecule has 1 amide bonds. The van der Waals surface area contributed by atoms with Crippen LogP contribution in [0.2, 0.25) is 0 Å². The Morgan fingerprint density at radius 3 is 2.58 bits per heavy atom. The quantitative estimate of drug-likeness (QED) is 0.563. The lowest BCUT2D eigenvalue weighted by Gasteiger charge is -2.20. The number of benzene rings is 2. The van der Waals surface area contributed by atoms with Gasteiger partial charge in [0.05, 0.1) is 11.8 Å². The van der Waals surface area contributed by atoms with Gasteiger partial charge in [-0.1, -0.05) is 30.3 Å². The summed E-state index contributed by atoms with van der Waals surface area (Å²) in [5.41, 5.74) is 5.60. The van der Waals surface area contributed by atoms with Gasteiger partial charge in [0.15, 0.2) is 0 Å². The SMILES string of the molecule is Nc1c(F)cc(F)cc1C(O)C(O)CCNC(=O)OCc1ccccc1. The van der Waals surface area contributed by atoms with E-state index in [4.69, 9.17) is 10.5 Å². The molecule has 8 heteroatoms. The molecule has 6 nitrogen and oxygen atoms in total. The van der Waals surface area contributed by atoms with Crippen molar-refractivity contribution in [1.82, 2.24) is 5.32 Å². The number of ether oxygens (including phenoxy) is 1. The Balaban J connectivity index is 1.79. The summed E-state index contributed by atoms with van der Waals surface area (Å²) >= 11 is 0.